The molecule has 2 aromatic rings. The normalized spacial score (nSPS) is 11.1. The molecule has 0 unspecified atom stereocenters. The second-order valence-electron chi connectivity index (χ2n) is 5.93. The molecule has 0 aliphatic heterocycles. The van der Waals surface area contributed by atoms with Gasteiger partial charge in [-0.2, -0.15) is 0 Å². The predicted octanol–water partition coefficient (Wildman–Crippen LogP) is 3.37. The number of aryl methyl sites for hydroxylation is 2. The number of carbonyl (C=O) groups is 1. The molecule has 1 N–H and O–H groups in total. The summed E-state index contributed by atoms with van der Waals surface area (Å²) in [7, 11) is -2.27. The highest BCUT2D eigenvalue weighted by atomic mass is 35.5. The summed E-state index contributed by atoms with van der Waals surface area (Å²) in [6, 6.07) is 10.2. The SMILES string of the molecule is COc1ccccc1N(CC(=O)Nc1c(C)cc(C)cc1Cl)S(C)(=O)=O. The van der Waals surface area contributed by atoms with Crippen LogP contribution in [0.1, 0.15) is 11.1 Å². The number of benzene rings is 2. The summed E-state index contributed by atoms with van der Waals surface area (Å²) in [6.45, 7) is 3.32. The van der Waals surface area contributed by atoms with Crippen LogP contribution >= 0.6 is 11.6 Å². The van der Waals surface area contributed by atoms with Crippen molar-refractivity contribution >= 4 is 38.9 Å². The van der Waals surface area contributed by atoms with Gasteiger partial charge in [-0.05, 0) is 43.2 Å². The summed E-state index contributed by atoms with van der Waals surface area (Å²) in [6.07, 6.45) is 1.04. The van der Waals surface area contributed by atoms with E-state index in [0.29, 0.717) is 22.1 Å². The largest absolute Gasteiger partial charge is 0.495 e. The minimum Gasteiger partial charge on any atom is -0.495 e. The maximum Gasteiger partial charge on any atom is 0.245 e. The van der Waals surface area contributed by atoms with Gasteiger partial charge in [0.1, 0.15) is 12.3 Å². The number of hydrogen-bond donors (Lipinski definition) is 1. The third kappa shape index (κ3) is 4.68. The number of nitrogens with one attached hydrogen (secondary N) is 1. The Labute approximate surface area is 158 Å². The third-order valence-electron chi connectivity index (χ3n) is 3.74. The number of anilines is 2. The number of sulfonamides is 1. The molecule has 6 nitrogen and oxygen atoms in total. The van der Waals surface area contributed by atoms with Crippen molar-refractivity contribution in [3.63, 3.8) is 0 Å². The Morgan fingerprint density at radius 3 is 2.46 bits per heavy atom. The number of hydrogen-bond acceptors (Lipinski definition) is 4. The maximum absolute atomic E-state index is 12.5. The lowest BCUT2D eigenvalue weighted by atomic mass is 10.1. The zero-order chi connectivity index (χ0) is 19.5. The van der Waals surface area contributed by atoms with E-state index in [-0.39, 0.29) is 0 Å². The smallest absolute Gasteiger partial charge is 0.245 e. The summed E-state index contributed by atoms with van der Waals surface area (Å²) in [5.41, 5.74) is 2.53. The number of methoxy groups -OCH3 is 1. The van der Waals surface area contributed by atoms with Crippen LogP contribution < -0.4 is 14.4 Å². The molecule has 0 saturated heterocycles. The average molecular weight is 397 g/mol. The van der Waals surface area contributed by atoms with Gasteiger partial charge in [0.2, 0.25) is 15.9 Å². The minimum absolute atomic E-state index is 0.291. The number of rotatable bonds is 6. The molecule has 0 heterocycles. The quantitative estimate of drug-likeness (QED) is 0.812. The molecule has 0 spiro atoms. The van der Waals surface area contributed by atoms with Gasteiger partial charge in [-0.1, -0.05) is 29.8 Å². The summed E-state index contributed by atoms with van der Waals surface area (Å²) < 4.78 is 30.7. The van der Waals surface area contributed by atoms with Gasteiger partial charge in [0, 0.05) is 0 Å². The Hall–Kier alpha value is -2.25. The molecule has 0 bridgehead atoms. The lowest BCUT2D eigenvalue weighted by Crippen LogP contribution is -2.37. The van der Waals surface area contributed by atoms with Crippen LogP contribution in [0, 0.1) is 13.8 Å². The lowest BCUT2D eigenvalue weighted by molar-refractivity contribution is -0.114. The Balaban J connectivity index is 2.32. The molecule has 0 radical (unpaired) electrons. The van der Waals surface area contributed by atoms with Crippen molar-refractivity contribution in [3.05, 3.63) is 52.5 Å². The Bertz CT molecular complexity index is 906. The zero-order valence-corrected chi connectivity index (χ0v) is 16.6. The van der Waals surface area contributed by atoms with Crippen LogP contribution in [-0.2, 0) is 14.8 Å². The van der Waals surface area contributed by atoms with Crippen molar-refractivity contribution < 1.29 is 17.9 Å². The van der Waals surface area contributed by atoms with Crippen molar-refractivity contribution in [1.82, 2.24) is 0 Å². The van der Waals surface area contributed by atoms with Crippen LogP contribution in [0.2, 0.25) is 5.02 Å². The molecule has 2 aromatic carbocycles. The van der Waals surface area contributed by atoms with E-state index >= 15 is 0 Å². The van der Waals surface area contributed by atoms with Crippen LogP contribution in [0.5, 0.6) is 5.75 Å². The summed E-state index contributed by atoms with van der Waals surface area (Å²) in [5, 5.41) is 3.10. The number of nitrogens with zero attached hydrogens (tertiary/aromatic N) is 1. The third-order valence-corrected chi connectivity index (χ3v) is 5.16. The molecule has 26 heavy (non-hydrogen) atoms. The standard InChI is InChI=1S/C18H21ClN2O4S/c1-12-9-13(2)18(14(19)10-12)20-17(22)11-21(26(4,23)24)15-7-5-6-8-16(15)25-3/h5-10H,11H2,1-4H3,(H,20,22). The maximum atomic E-state index is 12.5. The first kappa shape index (κ1) is 20.1. The van der Waals surface area contributed by atoms with Gasteiger partial charge in [0.25, 0.3) is 0 Å². The summed E-state index contributed by atoms with van der Waals surface area (Å²) >= 11 is 6.20. The van der Waals surface area contributed by atoms with Crippen LogP contribution in [0.3, 0.4) is 0 Å². The fourth-order valence-electron chi connectivity index (χ4n) is 2.60. The number of ether oxygens (including phenoxy) is 1. The molecule has 0 aliphatic carbocycles. The fourth-order valence-corrected chi connectivity index (χ4v) is 3.83. The summed E-state index contributed by atoms with van der Waals surface area (Å²) in [4.78, 5) is 12.5. The van der Waals surface area contributed by atoms with Crippen molar-refractivity contribution in [2.45, 2.75) is 13.8 Å². The first-order chi connectivity index (χ1) is 12.1. The van der Waals surface area contributed by atoms with E-state index in [9.17, 15) is 13.2 Å². The van der Waals surface area contributed by atoms with Gasteiger partial charge in [0.15, 0.2) is 0 Å². The van der Waals surface area contributed by atoms with Crippen molar-refractivity contribution in [2.24, 2.45) is 0 Å². The highest BCUT2D eigenvalue weighted by Crippen LogP contribution is 2.30. The van der Waals surface area contributed by atoms with Crippen LogP contribution in [0.25, 0.3) is 0 Å². The molecule has 0 aliphatic rings. The van der Waals surface area contributed by atoms with Gasteiger partial charge in [-0.25, -0.2) is 8.42 Å². The minimum atomic E-state index is -3.71. The zero-order valence-electron chi connectivity index (χ0n) is 15.0. The molecular formula is C18H21ClN2O4S. The molecule has 0 fully saturated rings. The van der Waals surface area contributed by atoms with E-state index in [2.05, 4.69) is 5.32 Å². The molecule has 0 aromatic heterocycles. The van der Waals surface area contributed by atoms with Crippen molar-refractivity contribution in [1.29, 1.82) is 0 Å². The van der Waals surface area contributed by atoms with Crippen molar-refractivity contribution in [3.8, 4) is 5.75 Å². The van der Waals surface area contributed by atoms with E-state index in [4.69, 9.17) is 16.3 Å². The number of carbonyl (C=O) groups excluding carboxylic acids is 1. The lowest BCUT2D eigenvalue weighted by Gasteiger charge is -2.24. The van der Waals surface area contributed by atoms with E-state index in [0.717, 1.165) is 21.7 Å². The molecular weight excluding hydrogens is 376 g/mol. The highest BCUT2D eigenvalue weighted by Gasteiger charge is 2.24. The van der Waals surface area contributed by atoms with Gasteiger partial charge in [0.05, 0.1) is 29.8 Å². The van der Waals surface area contributed by atoms with Crippen LogP contribution in [0.4, 0.5) is 11.4 Å². The molecule has 8 heteroatoms. The highest BCUT2D eigenvalue weighted by molar-refractivity contribution is 7.92. The Morgan fingerprint density at radius 1 is 1.23 bits per heavy atom. The van der Waals surface area contributed by atoms with Gasteiger partial charge in [-0.3, -0.25) is 9.10 Å². The molecule has 0 saturated carbocycles. The van der Waals surface area contributed by atoms with Gasteiger partial charge >= 0.3 is 0 Å². The molecule has 2 rings (SSSR count). The number of halogens is 1. The van der Waals surface area contributed by atoms with Gasteiger partial charge < -0.3 is 10.1 Å². The van der Waals surface area contributed by atoms with E-state index in [1.165, 1.54) is 7.11 Å². The van der Waals surface area contributed by atoms with Crippen LogP contribution in [0.15, 0.2) is 36.4 Å². The molecule has 0 atom stereocenters. The first-order valence-electron chi connectivity index (χ1n) is 7.81. The van der Waals surface area contributed by atoms with Gasteiger partial charge in [-0.15, -0.1) is 0 Å². The average Bonchev–Trinajstić information content (AvgIpc) is 2.55. The molecule has 1 amide bonds. The van der Waals surface area contributed by atoms with Crippen molar-refractivity contribution in [2.75, 3.05) is 29.5 Å². The Morgan fingerprint density at radius 2 is 1.88 bits per heavy atom. The second kappa shape index (κ2) is 7.97. The van der Waals surface area contributed by atoms with E-state index in [1.807, 2.05) is 19.9 Å². The monoisotopic (exact) mass is 396 g/mol. The van der Waals surface area contributed by atoms with E-state index in [1.54, 1.807) is 30.3 Å². The van der Waals surface area contributed by atoms with Crippen LogP contribution in [-0.4, -0.2) is 34.2 Å². The topological polar surface area (TPSA) is 75.7 Å². The summed E-state index contributed by atoms with van der Waals surface area (Å²) in [5.74, 6) is -0.148. The predicted molar refractivity (Wildman–Crippen MR) is 105 cm³/mol. The number of amides is 1. The van der Waals surface area contributed by atoms with E-state index < -0.39 is 22.5 Å². The number of para-hydroxylation sites is 2. The fraction of sp³-hybridized carbons (Fsp3) is 0.278. The first-order valence-corrected chi connectivity index (χ1v) is 10.0. The second-order valence-corrected chi connectivity index (χ2v) is 8.24. The Kier molecular flexibility index (Phi) is 6.15. The molecule has 140 valence electrons.